The normalized spacial score (nSPS) is 21.5. The third-order valence-corrected chi connectivity index (χ3v) is 5.13. The number of nitrogens with zero attached hydrogens (tertiary/aromatic N) is 1. The molecule has 4 N–H and O–H groups in total. The Hall–Kier alpha value is -0.640. The number of ether oxygens (including phenoxy) is 1. The molecule has 1 atom stereocenters. The van der Waals surface area contributed by atoms with Crippen molar-refractivity contribution in [3.8, 4) is 0 Å². The molecule has 1 aromatic rings. The van der Waals surface area contributed by atoms with E-state index in [1.165, 1.54) is 12.3 Å². The number of hydrogen-bond donors (Lipinski definition) is 3. The number of sulfonamides is 1. The molecule has 0 spiro atoms. The van der Waals surface area contributed by atoms with Crippen molar-refractivity contribution in [3.05, 3.63) is 17.3 Å². The summed E-state index contributed by atoms with van der Waals surface area (Å²) in [6.45, 7) is 1.49. The maximum Gasteiger partial charge on any atom is 0.244 e. The van der Waals surface area contributed by atoms with E-state index in [9.17, 15) is 8.42 Å². The van der Waals surface area contributed by atoms with Gasteiger partial charge in [-0.2, -0.15) is 0 Å². The molecule has 10 heteroatoms. The topological polar surface area (TPSA) is 106 Å². The number of nitrogens with one attached hydrogen (secondary N) is 2. The molecule has 1 unspecified atom stereocenters. The molecule has 2 rings (SSSR count). The van der Waals surface area contributed by atoms with Crippen molar-refractivity contribution in [1.29, 1.82) is 0 Å². The minimum absolute atomic E-state index is 0. The van der Waals surface area contributed by atoms with Crippen molar-refractivity contribution in [3.63, 3.8) is 0 Å². The molecule has 126 valence electrons. The molecule has 1 aliphatic heterocycles. The third kappa shape index (κ3) is 4.43. The zero-order chi connectivity index (χ0) is 15.5. The summed E-state index contributed by atoms with van der Waals surface area (Å²) in [5.41, 5.74) is 5.24. The zero-order valence-electron chi connectivity index (χ0n) is 12.1. The van der Waals surface area contributed by atoms with Crippen LogP contribution in [0.5, 0.6) is 0 Å². The first-order chi connectivity index (χ1) is 9.88. The SMILES string of the molecule is COCC1(CNS(=O)(=O)c2cc(Cl)cnc2N)CCCN1.Cl. The Balaban J connectivity index is 0.00000242. The van der Waals surface area contributed by atoms with Crippen molar-refractivity contribution in [1.82, 2.24) is 15.0 Å². The molecule has 1 saturated heterocycles. The lowest BCUT2D eigenvalue weighted by Gasteiger charge is -2.28. The lowest BCUT2D eigenvalue weighted by atomic mass is 9.99. The molecule has 0 aliphatic carbocycles. The van der Waals surface area contributed by atoms with E-state index < -0.39 is 10.0 Å². The van der Waals surface area contributed by atoms with Crippen LogP contribution in [-0.4, -0.2) is 45.7 Å². The maximum absolute atomic E-state index is 12.4. The van der Waals surface area contributed by atoms with Gasteiger partial charge in [0.2, 0.25) is 10.0 Å². The highest BCUT2D eigenvalue weighted by Crippen LogP contribution is 2.22. The molecule has 1 aliphatic rings. The molecule has 1 fully saturated rings. The average molecular weight is 371 g/mol. The fraction of sp³-hybridized carbons (Fsp3) is 0.583. The highest BCUT2D eigenvalue weighted by molar-refractivity contribution is 7.89. The quantitative estimate of drug-likeness (QED) is 0.683. The van der Waals surface area contributed by atoms with Gasteiger partial charge in [0.15, 0.2) is 0 Å². The van der Waals surface area contributed by atoms with Crippen LogP contribution in [-0.2, 0) is 14.8 Å². The summed E-state index contributed by atoms with van der Waals surface area (Å²) in [6, 6.07) is 1.29. The molecule has 0 amide bonds. The van der Waals surface area contributed by atoms with Gasteiger partial charge in [0.05, 0.1) is 17.2 Å². The van der Waals surface area contributed by atoms with Gasteiger partial charge in [-0.3, -0.25) is 0 Å². The van der Waals surface area contributed by atoms with Gasteiger partial charge in [-0.15, -0.1) is 12.4 Å². The second-order valence-electron chi connectivity index (χ2n) is 5.11. The number of methoxy groups -OCH3 is 1. The number of rotatable bonds is 6. The maximum atomic E-state index is 12.4. The van der Waals surface area contributed by atoms with Gasteiger partial charge in [-0.1, -0.05) is 11.6 Å². The van der Waals surface area contributed by atoms with Gasteiger partial charge < -0.3 is 15.8 Å². The summed E-state index contributed by atoms with van der Waals surface area (Å²) in [7, 11) is -2.18. The monoisotopic (exact) mass is 370 g/mol. The van der Waals surface area contributed by atoms with E-state index in [1.54, 1.807) is 7.11 Å². The molecule has 0 bridgehead atoms. The Morgan fingerprint density at radius 1 is 1.59 bits per heavy atom. The summed E-state index contributed by atoms with van der Waals surface area (Å²) < 4.78 is 32.4. The van der Waals surface area contributed by atoms with Crippen molar-refractivity contribution in [2.45, 2.75) is 23.3 Å². The number of pyridine rings is 1. The number of halogens is 2. The predicted molar refractivity (Wildman–Crippen MR) is 87.9 cm³/mol. The number of aromatic nitrogens is 1. The lowest BCUT2D eigenvalue weighted by Crippen LogP contribution is -2.52. The van der Waals surface area contributed by atoms with E-state index in [2.05, 4.69) is 15.0 Å². The molecular formula is C12H20Cl2N4O3S. The van der Waals surface area contributed by atoms with Crippen LogP contribution in [0.2, 0.25) is 5.02 Å². The Morgan fingerprint density at radius 2 is 2.32 bits per heavy atom. The summed E-state index contributed by atoms with van der Waals surface area (Å²) in [5, 5.41) is 3.51. The summed E-state index contributed by atoms with van der Waals surface area (Å²) in [5.74, 6) is -0.0768. The van der Waals surface area contributed by atoms with E-state index in [4.69, 9.17) is 22.1 Å². The fourth-order valence-corrected chi connectivity index (χ4v) is 3.88. The number of nitrogen functional groups attached to an aromatic ring is 1. The fourth-order valence-electron chi connectivity index (χ4n) is 2.43. The van der Waals surface area contributed by atoms with E-state index in [1.807, 2.05) is 0 Å². The molecule has 0 saturated carbocycles. The average Bonchev–Trinajstić information content (AvgIpc) is 2.89. The van der Waals surface area contributed by atoms with Gasteiger partial charge in [-0.05, 0) is 25.5 Å². The van der Waals surface area contributed by atoms with Gasteiger partial charge in [0.1, 0.15) is 10.7 Å². The molecule has 2 heterocycles. The Morgan fingerprint density at radius 3 is 2.91 bits per heavy atom. The summed E-state index contributed by atoms with van der Waals surface area (Å²) >= 11 is 5.78. The number of anilines is 1. The Kier molecular flexibility index (Phi) is 6.84. The van der Waals surface area contributed by atoms with Crippen LogP contribution < -0.4 is 15.8 Å². The van der Waals surface area contributed by atoms with Crippen molar-refractivity contribution >= 4 is 39.8 Å². The minimum Gasteiger partial charge on any atom is -0.383 e. The summed E-state index contributed by atoms with van der Waals surface area (Å²) in [6.07, 6.45) is 3.12. The Labute approximate surface area is 141 Å². The molecule has 7 nitrogen and oxygen atoms in total. The lowest BCUT2D eigenvalue weighted by molar-refractivity contribution is 0.122. The molecule has 22 heavy (non-hydrogen) atoms. The van der Waals surface area contributed by atoms with Crippen molar-refractivity contribution in [2.24, 2.45) is 0 Å². The van der Waals surface area contributed by atoms with Gasteiger partial charge in [0, 0.05) is 19.9 Å². The van der Waals surface area contributed by atoms with Crippen LogP contribution >= 0.6 is 24.0 Å². The molecular weight excluding hydrogens is 351 g/mol. The second-order valence-corrected chi connectivity index (χ2v) is 7.28. The van der Waals surface area contributed by atoms with Crippen LogP contribution in [0, 0.1) is 0 Å². The predicted octanol–water partition coefficient (Wildman–Crippen LogP) is 0.786. The Bertz CT molecular complexity index is 606. The highest BCUT2D eigenvalue weighted by atomic mass is 35.5. The largest absolute Gasteiger partial charge is 0.383 e. The first-order valence-electron chi connectivity index (χ1n) is 6.53. The number of hydrogen-bond acceptors (Lipinski definition) is 6. The van der Waals surface area contributed by atoms with Crippen LogP contribution in [0.25, 0.3) is 0 Å². The third-order valence-electron chi connectivity index (χ3n) is 3.49. The number of nitrogens with two attached hydrogens (primary N) is 1. The van der Waals surface area contributed by atoms with Crippen LogP contribution in [0.3, 0.4) is 0 Å². The van der Waals surface area contributed by atoms with Crippen LogP contribution in [0.15, 0.2) is 17.2 Å². The van der Waals surface area contributed by atoms with E-state index >= 15 is 0 Å². The standard InChI is InChI=1S/C12H19ClN4O3S.ClH/c1-20-8-12(3-2-4-16-12)7-17-21(18,19)10-5-9(13)6-15-11(10)14;/h5-6,16-17H,2-4,7-8H2,1H3,(H2,14,15);1H. The summed E-state index contributed by atoms with van der Waals surface area (Å²) in [4.78, 5) is 3.65. The van der Waals surface area contributed by atoms with Crippen LogP contribution in [0.4, 0.5) is 5.82 Å². The molecule has 0 radical (unpaired) electrons. The van der Waals surface area contributed by atoms with Crippen molar-refractivity contribution < 1.29 is 13.2 Å². The van der Waals surface area contributed by atoms with E-state index in [0.29, 0.717) is 6.61 Å². The smallest absolute Gasteiger partial charge is 0.244 e. The van der Waals surface area contributed by atoms with Gasteiger partial charge in [-0.25, -0.2) is 18.1 Å². The first kappa shape index (κ1) is 19.4. The van der Waals surface area contributed by atoms with Gasteiger partial charge in [0.25, 0.3) is 0 Å². The highest BCUT2D eigenvalue weighted by Gasteiger charge is 2.35. The van der Waals surface area contributed by atoms with E-state index in [-0.39, 0.29) is 40.2 Å². The first-order valence-corrected chi connectivity index (χ1v) is 8.39. The van der Waals surface area contributed by atoms with Crippen molar-refractivity contribution in [2.75, 3.05) is 32.5 Å². The van der Waals surface area contributed by atoms with E-state index in [0.717, 1.165) is 19.4 Å². The zero-order valence-corrected chi connectivity index (χ0v) is 14.5. The minimum atomic E-state index is -3.77. The van der Waals surface area contributed by atoms with Gasteiger partial charge >= 0.3 is 0 Å². The molecule has 0 aromatic carbocycles. The van der Waals surface area contributed by atoms with Crippen LogP contribution in [0.1, 0.15) is 12.8 Å². The second kappa shape index (κ2) is 7.76. The molecule has 1 aromatic heterocycles.